The molecule has 3 aromatic rings. The van der Waals surface area contributed by atoms with Crippen LogP contribution in [0.2, 0.25) is 0 Å². The Kier molecular flexibility index (Phi) is 5.35. The van der Waals surface area contributed by atoms with Crippen molar-refractivity contribution in [3.05, 3.63) is 70.6 Å². The lowest BCUT2D eigenvalue weighted by molar-refractivity contribution is 0.0946. The monoisotopic (exact) mass is 401 g/mol. The van der Waals surface area contributed by atoms with Crippen LogP contribution in [0.1, 0.15) is 16.1 Å². The summed E-state index contributed by atoms with van der Waals surface area (Å²) in [6.45, 7) is 0.377. The second-order valence-electron chi connectivity index (χ2n) is 5.20. The Morgan fingerprint density at radius 2 is 2.08 bits per heavy atom. The van der Waals surface area contributed by atoms with Crippen LogP contribution in [-0.4, -0.2) is 23.0 Å². The summed E-state index contributed by atoms with van der Waals surface area (Å²) in [7, 11) is 1.60. The standard InChI is InChI=1S/C18H16BrN3O3/c1-24-14-3-2-4-15(8-14)25-17-6-5-12(9-21-17)10-22-18(23)16-7-13(19)11-20-16/h2-9,11,20H,10H2,1H3,(H,22,23). The third kappa shape index (κ3) is 4.60. The summed E-state index contributed by atoms with van der Waals surface area (Å²) >= 11 is 3.30. The van der Waals surface area contributed by atoms with E-state index in [0.29, 0.717) is 29.6 Å². The molecule has 128 valence electrons. The van der Waals surface area contributed by atoms with Crippen LogP contribution in [-0.2, 0) is 6.54 Å². The quantitative estimate of drug-likeness (QED) is 0.656. The lowest BCUT2D eigenvalue weighted by Crippen LogP contribution is -2.23. The molecule has 2 aromatic heterocycles. The number of amides is 1. The number of aromatic nitrogens is 2. The number of carbonyl (C=O) groups is 1. The molecule has 0 unspecified atom stereocenters. The third-order valence-electron chi connectivity index (χ3n) is 3.41. The van der Waals surface area contributed by atoms with Gasteiger partial charge in [-0.2, -0.15) is 0 Å². The van der Waals surface area contributed by atoms with Gasteiger partial charge in [-0.3, -0.25) is 4.79 Å². The number of ether oxygens (including phenoxy) is 2. The number of hydrogen-bond donors (Lipinski definition) is 2. The number of pyridine rings is 1. The fourth-order valence-electron chi connectivity index (χ4n) is 2.14. The van der Waals surface area contributed by atoms with Gasteiger partial charge in [0.05, 0.1) is 7.11 Å². The van der Waals surface area contributed by atoms with E-state index in [1.165, 1.54) is 0 Å². The van der Waals surface area contributed by atoms with E-state index in [0.717, 1.165) is 10.0 Å². The summed E-state index contributed by atoms with van der Waals surface area (Å²) in [5.41, 5.74) is 1.37. The molecule has 0 spiro atoms. The van der Waals surface area contributed by atoms with E-state index >= 15 is 0 Å². The Morgan fingerprint density at radius 1 is 1.24 bits per heavy atom. The summed E-state index contributed by atoms with van der Waals surface area (Å²) in [5, 5.41) is 2.82. The van der Waals surface area contributed by atoms with E-state index in [-0.39, 0.29) is 5.91 Å². The van der Waals surface area contributed by atoms with E-state index in [9.17, 15) is 4.79 Å². The Labute approximate surface area is 153 Å². The lowest BCUT2D eigenvalue weighted by atomic mass is 10.2. The molecular formula is C18H16BrN3O3. The zero-order chi connectivity index (χ0) is 17.6. The molecule has 25 heavy (non-hydrogen) atoms. The average molecular weight is 402 g/mol. The summed E-state index contributed by atoms with van der Waals surface area (Å²) in [4.78, 5) is 19.1. The molecule has 1 aromatic carbocycles. The van der Waals surface area contributed by atoms with Crippen LogP contribution in [0.15, 0.2) is 59.3 Å². The lowest BCUT2D eigenvalue weighted by Gasteiger charge is -2.08. The molecule has 2 N–H and O–H groups in total. The highest BCUT2D eigenvalue weighted by atomic mass is 79.9. The van der Waals surface area contributed by atoms with Gasteiger partial charge < -0.3 is 19.8 Å². The summed E-state index contributed by atoms with van der Waals surface area (Å²) in [6, 6.07) is 12.6. The number of aromatic amines is 1. The van der Waals surface area contributed by atoms with Crippen LogP contribution in [0.3, 0.4) is 0 Å². The van der Waals surface area contributed by atoms with Crippen LogP contribution in [0.25, 0.3) is 0 Å². The molecule has 0 fully saturated rings. The first-order chi connectivity index (χ1) is 12.1. The smallest absolute Gasteiger partial charge is 0.268 e. The second kappa shape index (κ2) is 7.85. The predicted octanol–water partition coefficient (Wildman–Crippen LogP) is 3.90. The van der Waals surface area contributed by atoms with Crippen LogP contribution in [0.4, 0.5) is 0 Å². The number of halogens is 1. The minimum Gasteiger partial charge on any atom is -0.497 e. The summed E-state index contributed by atoms with van der Waals surface area (Å²) in [6.07, 6.45) is 3.38. The molecule has 7 heteroatoms. The molecule has 6 nitrogen and oxygen atoms in total. The van der Waals surface area contributed by atoms with Crippen LogP contribution in [0.5, 0.6) is 17.4 Å². The number of nitrogens with one attached hydrogen (secondary N) is 2. The number of carbonyl (C=O) groups excluding carboxylic acids is 1. The van der Waals surface area contributed by atoms with Crippen LogP contribution < -0.4 is 14.8 Å². The minimum atomic E-state index is -0.178. The molecular weight excluding hydrogens is 386 g/mol. The molecule has 0 bridgehead atoms. The maximum absolute atomic E-state index is 12.0. The van der Waals surface area contributed by atoms with Gasteiger partial charge in [-0.05, 0) is 39.7 Å². The van der Waals surface area contributed by atoms with Crippen molar-refractivity contribution in [3.8, 4) is 17.4 Å². The highest BCUT2D eigenvalue weighted by molar-refractivity contribution is 9.10. The molecule has 0 radical (unpaired) electrons. The molecule has 0 saturated heterocycles. The molecule has 0 aliphatic rings. The van der Waals surface area contributed by atoms with Gasteiger partial charge in [-0.15, -0.1) is 0 Å². The zero-order valence-electron chi connectivity index (χ0n) is 13.5. The number of methoxy groups -OCH3 is 1. The molecule has 0 atom stereocenters. The molecule has 1 amide bonds. The van der Waals surface area contributed by atoms with Crippen molar-refractivity contribution >= 4 is 21.8 Å². The van der Waals surface area contributed by atoms with E-state index in [4.69, 9.17) is 9.47 Å². The summed E-state index contributed by atoms with van der Waals surface area (Å²) < 4.78 is 11.7. The molecule has 0 aliphatic heterocycles. The van der Waals surface area contributed by atoms with Crippen molar-refractivity contribution in [2.45, 2.75) is 6.54 Å². The second-order valence-corrected chi connectivity index (χ2v) is 6.12. The van der Waals surface area contributed by atoms with Gasteiger partial charge >= 0.3 is 0 Å². The van der Waals surface area contributed by atoms with Gasteiger partial charge in [0.25, 0.3) is 5.91 Å². The van der Waals surface area contributed by atoms with Gasteiger partial charge in [-0.25, -0.2) is 4.98 Å². The minimum absolute atomic E-state index is 0.178. The van der Waals surface area contributed by atoms with Gasteiger partial charge in [0.1, 0.15) is 17.2 Å². The number of nitrogens with zero attached hydrogens (tertiary/aromatic N) is 1. The largest absolute Gasteiger partial charge is 0.497 e. The van der Waals surface area contributed by atoms with E-state index < -0.39 is 0 Å². The highest BCUT2D eigenvalue weighted by Crippen LogP contribution is 2.23. The molecule has 2 heterocycles. The van der Waals surface area contributed by atoms with Crippen molar-refractivity contribution < 1.29 is 14.3 Å². The third-order valence-corrected chi connectivity index (χ3v) is 3.86. The molecule has 3 rings (SSSR count). The number of rotatable bonds is 6. The summed E-state index contributed by atoms with van der Waals surface area (Å²) in [5.74, 6) is 1.65. The van der Waals surface area contributed by atoms with Crippen LogP contribution >= 0.6 is 15.9 Å². The normalized spacial score (nSPS) is 10.3. The van der Waals surface area contributed by atoms with Gasteiger partial charge in [0.15, 0.2) is 0 Å². The Morgan fingerprint density at radius 3 is 2.76 bits per heavy atom. The van der Waals surface area contributed by atoms with Crippen molar-refractivity contribution in [3.63, 3.8) is 0 Å². The van der Waals surface area contributed by atoms with E-state index in [1.807, 2.05) is 24.3 Å². The maximum atomic E-state index is 12.0. The fourth-order valence-corrected chi connectivity index (χ4v) is 2.48. The first-order valence-corrected chi connectivity index (χ1v) is 8.32. The average Bonchev–Trinajstić information content (AvgIpc) is 3.07. The molecule has 0 saturated carbocycles. The van der Waals surface area contributed by atoms with Crippen LogP contribution in [0, 0.1) is 0 Å². The number of benzene rings is 1. The highest BCUT2D eigenvalue weighted by Gasteiger charge is 2.08. The number of H-pyrrole nitrogens is 1. The van der Waals surface area contributed by atoms with Gasteiger partial charge in [-0.1, -0.05) is 12.1 Å². The Hall–Kier alpha value is -2.80. The fraction of sp³-hybridized carbons (Fsp3) is 0.111. The van der Waals surface area contributed by atoms with Crippen molar-refractivity contribution in [1.29, 1.82) is 0 Å². The van der Waals surface area contributed by atoms with Crippen molar-refractivity contribution in [2.24, 2.45) is 0 Å². The molecule has 0 aliphatic carbocycles. The Bertz CT molecular complexity index is 862. The van der Waals surface area contributed by atoms with E-state index in [2.05, 4.69) is 31.2 Å². The predicted molar refractivity (Wildman–Crippen MR) is 97.0 cm³/mol. The van der Waals surface area contributed by atoms with Crippen molar-refractivity contribution in [1.82, 2.24) is 15.3 Å². The van der Waals surface area contributed by atoms with Crippen molar-refractivity contribution in [2.75, 3.05) is 7.11 Å². The SMILES string of the molecule is COc1cccc(Oc2ccc(CNC(=O)c3cc(Br)c[nH]3)cn2)c1. The maximum Gasteiger partial charge on any atom is 0.268 e. The topological polar surface area (TPSA) is 76.2 Å². The zero-order valence-corrected chi connectivity index (χ0v) is 15.0. The van der Waals surface area contributed by atoms with Gasteiger partial charge in [0, 0.05) is 35.5 Å². The van der Waals surface area contributed by atoms with Gasteiger partial charge in [0.2, 0.25) is 5.88 Å². The Balaban J connectivity index is 1.57. The first kappa shape index (κ1) is 17.0. The van der Waals surface area contributed by atoms with E-state index in [1.54, 1.807) is 37.7 Å². The first-order valence-electron chi connectivity index (χ1n) is 7.53. The number of hydrogen-bond acceptors (Lipinski definition) is 4.